The summed E-state index contributed by atoms with van der Waals surface area (Å²) in [6, 6.07) is 0.169. The van der Waals surface area contributed by atoms with Crippen LogP contribution < -0.4 is 5.32 Å². The maximum atomic E-state index is 12.8. The highest BCUT2D eigenvalue weighted by Gasteiger charge is 2.37. The Morgan fingerprint density at radius 2 is 2.29 bits per heavy atom. The van der Waals surface area contributed by atoms with Crippen molar-refractivity contribution in [2.75, 3.05) is 13.1 Å². The zero-order valence-corrected chi connectivity index (χ0v) is 13.9. The molecule has 1 saturated heterocycles. The first-order valence-corrected chi connectivity index (χ1v) is 9.17. The van der Waals surface area contributed by atoms with E-state index in [2.05, 4.69) is 29.1 Å². The zero-order valence-electron chi connectivity index (χ0n) is 13.1. The van der Waals surface area contributed by atoms with Crippen LogP contribution in [0.4, 0.5) is 0 Å². The first kappa shape index (κ1) is 16.5. The van der Waals surface area contributed by atoms with Crippen molar-refractivity contribution < 1.29 is 8.42 Å². The molecule has 1 aromatic rings. The van der Waals surface area contributed by atoms with Gasteiger partial charge in [0.2, 0.25) is 0 Å². The molecule has 0 bridgehead atoms. The van der Waals surface area contributed by atoms with E-state index >= 15 is 0 Å². The molecule has 6 nitrogen and oxygen atoms in total. The van der Waals surface area contributed by atoms with E-state index in [1.165, 1.54) is 6.20 Å². The lowest BCUT2D eigenvalue weighted by Crippen LogP contribution is -2.53. The molecule has 0 saturated carbocycles. The minimum absolute atomic E-state index is 0.0129. The molecule has 2 atom stereocenters. The first-order valence-electron chi connectivity index (χ1n) is 7.73. The lowest BCUT2D eigenvalue weighted by molar-refractivity contribution is 0.208. The van der Waals surface area contributed by atoms with Gasteiger partial charge in [-0.05, 0) is 39.7 Å². The van der Waals surface area contributed by atoms with Crippen molar-refractivity contribution in [1.82, 2.24) is 19.6 Å². The number of hydrogen-bond donors (Lipinski definition) is 2. The smallest absolute Gasteiger partial charge is 0.260 e. The van der Waals surface area contributed by atoms with E-state index in [0.29, 0.717) is 12.4 Å². The summed E-state index contributed by atoms with van der Waals surface area (Å²) in [6.45, 7) is 7.45. The van der Waals surface area contributed by atoms with Gasteiger partial charge in [0, 0.05) is 18.6 Å². The lowest BCUT2D eigenvalue weighted by Gasteiger charge is -2.38. The third kappa shape index (κ3) is 3.64. The average Bonchev–Trinajstić information content (AvgIpc) is 2.92. The molecule has 0 radical (unpaired) electrons. The van der Waals surface area contributed by atoms with Gasteiger partial charge in [-0.25, -0.2) is 13.4 Å². The van der Waals surface area contributed by atoms with Crippen molar-refractivity contribution in [1.29, 1.82) is 0 Å². The Balaban J connectivity index is 2.21. The molecule has 2 N–H and O–H groups in total. The second kappa shape index (κ2) is 6.89. The fraction of sp³-hybridized carbons (Fsp3) is 0.786. The van der Waals surface area contributed by atoms with Gasteiger partial charge in [-0.1, -0.05) is 13.3 Å². The summed E-state index contributed by atoms with van der Waals surface area (Å²) >= 11 is 0. The van der Waals surface area contributed by atoms with Crippen molar-refractivity contribution >= 4 is 10.0 Å². The number of nitrogens with zero attached hydrogens (tertiary/aromatic N) is 2. The van der Waals surface area contributed by atoms with E-state index in [1.807, 2.05) is 0 Å². The van der Waals surface area contributed by atoms with Crippen LogP contribution in [0.2, 0.25) is 0 Å². The quantitative estimate of drug-likeness (QED) is 0.837. The van der Waals surface area contributed by atoms with Crippen LogP contribution in [0.15, 0.2) is 11.2 Å². The first-order chi connectivity index (χ1) is 9.96. The second-order valence-electron chi connectivity index (χ2n) is 5.75. The molecule has 0 spiro atoms. The van der Waals surface area contributed by atoms with Gasteiger partial charge < -0.3 is 10.3 Å². The number of aryl methyl sites for hydroxylation is 1. The van der Waals surface area contributed by atoms with Gasteiger partial charge in [-0.2, -0.15) is 4.31 Å². The van der Waals surface area contributed by atoms with Gasteiger partial charge in [0.1, 0.15) is 5.82 Å². The summed E-state index contributed by atoms with van der Waals surface area (Å²) in [6.07, 6.45) is 5.37. The molecule has 0 aliphatic carbocycles. The minimum Gasteiger partial charge on any atom is -0.332 e. The molecule has 1 fully saturated rings. The molecule has 2 heterocycles. The van der Waals surface area contributed by atoms with Crippen LogP contribution in [0.3, 0.4) is 0 Å². The highest BCUT2D eigenvalue weighted by atomic mass is 32.2. The minimum atomic E-state index is -3.49. The van der Waals surface area contributed by atoms with Crippen LogP contribution in [0.5, 0.6) is 0 Å². The van der Waals surface area contributed by atoms with Crippen LogP contribution in [0.1, 0.15) is 45.4 Å². The van der Waals surface area contributed by atoms with Gasteiger partial charge in [0.25, 0.3) is 10.0 Å². The average molecular weight is 314 g/mol. The predicted octanol–water partition coefficient (Wildman–Crippen LogP) is 1.65. The normalized spacial score (nSPS) is 22.3. The van der Waals surface area contributed by atoms with E-state index in [4.69, 9.17) is 0 Å². The number of aromatic amines is 1. The van der Waals surface area contributed by atoms with Crippen LogP contribution in [-0.4, -0.2) is 47.9 Å². The van der Waals surface area contributed by atoms with Crippen molar-refractivity contribution in [3.8, 4) is 0 Å². The van der Waals surface area contributed by atoms with Gasteiger partial charge >= 0.3 is 0 Å². The number of imidazole rings is 1. The Labute approximate surface area is 127 Å². The Morgan fingerprint density at radius 3 is 2.90 bits per heavy atom. The molecule has 1 aliphatic heterocycles. The zero-order chi connectivity index (χ0) is 15.5. The van der Waals surface area contributed by atoms with Crippen molar-refractivity contribution in [2.45, 2.75) is 63.6 Å². The number of hydrogen-bond acceptors (Lipinski definition) is 4. The van der Waals surface area contributed by atoms with Crippen LogP contribution in [0.25, 0.3) is 0 Å². The fourth-order valence-electron chi connectivity index (χ4n) is 2.89. The van der Waals surface area contributed by atoms with Crippen molar-refractivity contribution in [3.63, 3.8) is 0 Å². The summed E-state index contributed by atoms with van der Waals surface area (Å²) < 4.78 is 27.3. The van der Waals surface area contributed by atoms with E-state index in [9.17, 15) is 8.42 Å². The number of nitrogens with one attached hydrogen (secondary N) is 2. The summed E-state index contributed by atoms with van der Waals surface area (Å²) in [5.74, 6) is 0.624. The standard InChI is InChI=1S/C14H26N4O2S/c1-4-8-15-11(2)13-7-5-6-9-18(13)21(19,20)14-10-16-12(3)17-14/h10-11,13,15H,4-9H2,1-3H3,(H,16,17). The molecular weight excluding hydrogens is 288 g/mol. The monoisotopic (exact) mass is 314 g/mol. The summed E-state index contributed by atoms with van der Waals surface area (Å²) in [5, 5.41) is 3.63. The Hall–Kier alpha value is -0.920. The molecule has 120 valence electrons. The molecule has 7 heteroatoms. The van der Waals surface area contributed by atoms with Crippen molar-refractivity contribution in [2.24, 2.45) is 0 Å². The van der Waals surface area contributed by atoms with E-state index in [-0.39, 0.29) is 17.1 Å². The maximum absolute atomic E-state index is 12.8. The molecule has 21 heavy (non-hydrogen) atoms. The Kier molecular flexibility index (Phi) is 5.40. The SMILES string of the molecule is CCCNC(C)C1CCCCN1S(=O)(=O)c1cnc(C)[nH]1. The fourth-order valence-corrected chi connectivity index (χ4v) is 4.62. The molecule has 1 aromatic heterocycles. The lowest BCUT2D eigenvalue weighted by atomic mass is 9.99. The van der Waals surface area contributed by atoms with Crippen LogP contribution in [0, 0.1) is 6.92 Å². The summed E-state index contributed by atoms with van der Waals surface area (Å²) in [7, 11) is -3.49. The van der Waals surface area contributed by atoms with Gasteiger partial charge in [0.05, 0.1) is 6.20 Å². The van der Waals surface area contributed by atoms with E-state index < -0.39 is 10.0 Å². The summed E-state index contributed by atoms with van der Waals surface area (Å²) in [5.41, 5.74) is 0. The van der Waals surface area contributed by atoms with Crippen LogP contribution in [-0.2, 0) is 10.0 Å². The van der Waals surface area contributed by atoms with Crippen molar-refractivity contribution in [3.05, 3.63) is 12.0 Å². The second-order valence-corrected chi connectivity index (χ2v) is 7.61. The maximum Gasteiger partial charge on any atom is 0.260 e. The number of sulfonamides is 1. The molecule has 0 amide bonds. The highest BCUT2D eigenvalue weighted by Crippen LogP contribution is 2.26. The highest BCUT2D eigenvalue weighted by molar-refractivity contribution is 7.89. The number of rotatable bonds is 6. The Morgan fingerprint density at radius 1 is 1.52 bits per heavy atom. The number of aromatic nitrogens is 2. The van der Waals surface area contributed by atoms with Gasteiger partial charge in [-0.3, -0.25) is 0 Å². The summed E-state index contributed by atoms with van der Waals surface area (Å²) in [4.78, 5) is 6.88. The largest absolute Gasteiger partial charge is 0.332 e. The third-order valence-electron chi connectivity index (χ3n) is 4.06. The molecular formula is C14H26N4O2S. The molecule has 2 unspecified atom stereocenters. The van der Waals surface area contributed by atoms with E-state index in [0.717, 1.165) is 32.2 Å². The van der Waals surface area contributed by atoms with Gasteiger partial charge in [0.15, 0.2) is 5.03 Å². The Bertz CT molecular complexity index is 555. The predicted molar refractivity (Wildman–Crippen MR) is 82.6 cm³/mol. The molecule has 2 rings (SSSR count). The third-order valence-corrected chi connectivity index (χ3v) is 5.89. The number of H-pyrrole nitrogens is 1. The number of piperidine rings is 1. The van der Waals surface area contributed by atoms with Gasteiger partial charge in [-0.15, -0.1) is 0 Å². The molecule has 0 aromatic carbocycles. The van der Waals surface area contributed by atoms with E-state index in [1.54, 1.807) is 11.2 Å². The molecule has 1 aliphatic rings. The topological polar surface area (TPSA) is 78.1 Å². The van der Waals surface area contributed by atoms with Crippen LogP contribution >= 0.6 is 0 Å².